The molecule has 0 bridgehead atoms. The molecule has 2 N–H and O–H groups in total. The molecule has 0 saturated carbocycles. The second kappa shape index (κ2) is 7.35. The maximum absolute atomic E-state index is 12.0. The van der Waals surface area contributed by atoms with E-state index in [1.165, 1.54) is 15.6 Å². The molecule has 0 radical (unpaired) electrons. The summed E-state index contributed by atoms with van der Waals surface area (Å²) in [5.74, 6) is 0. The van der Waals surface area contributed by atoms with Crippen molar-refractivity contribution in [3.8, 4) is 0 Å². The van der Waals surface area contributed by atoms with Crippen LogP contribution in [0.1, 0.15) is 11.3 Å². The number of rotatable bonds is 5. The summed E-state index contributed by atoms with van der Waals surface area (Å²) in [6, 6.07) is 11.8. The van der Waals surface area contributed by atoms with Crippen LogP contribution in [0.15, 0.2) is 54.2 Å². The number of nitrogens with zero attached hydrogens (tertiary/aromatic N) is 2. The first kappa shape index (κ1) is 16.9. The number of nitrogens with one attached hydrogen (secondary N) is 2. The first-order valence-corrected chi connectivity index (χ1v) is 9.55. The van der Waals surface area contributed by atoms with Crippen molar-refractivity contribution in [2.45, 2.75) is 13.0 Å². The van der Waals surface area contributed by atoms with Gasteiger partial charge in [0.1, 0.15) is 5.65 Å². The van der Waals surface area contributed by atoms with Crippen molar-refractivity contribution in [1.82, 2.24) is 20.0 Å². The van der Waals surface area contributed by atoms with E-state index in [1.54, 1.807) is 23.6 Å². The lowest BCUT2D eigenvalue weighted by molar-refractivity contribution is 0.240. The van der Waals surface area contributed by atoms with Crippen molar-refractivity contribution in [2.24, 2.45) is 0 Å². The molecular weight excluding hydrogens is 368 g/mol. The van der Waals surface area contributed by atoms with Gasteiger partial charge in [-0.2, -0.15) is 0 Å². The third kappa shape index (κ3) is 3.66. The third-order valence-electron chi connectivity index (χ3n) is 4.14. The maximum atomic E-state index is 12.0. The molecule has 1 aromatic carbocycles. The lowest BCUT2D eigenvalue weighted by atomic mass is 10.1. The zero-order chi connectivity index (χ0) is 17.9. The smallest absolute Gasteiger partial charge is 0.315 e. The number of benzene rings is 1. The highest BCUT2D eigenvalue weighted by atomic mass is 35.5. The molecule has 7 heteroatoms. The van der Waals surface area contributed by atoms with E-state index < -0.39 is 0 Å². The van der Waals surface area contributed by atoms with Gasteiger partial charge < -0.3 is 15.0 Å². The third-order valence-corrected chi connectivity index (χ3v) is 5.37. The number of carbonyl (C=O) groups excluding carboxylic acids is 1. The number of thiophene rings is 1. The van der Waals surface area contributed by atoms with Gasteiger partial charge in [0.05, 0.1) is 17.3 Å². The van der Waals surface area contributed by atoms with E-state index in [0.29, 0.717) is 18.1 Å². The summed E-state index contributed by atoms with van der Waals surface area (Å²) in [4.78, 5) is 16.4. The molecule has 26 heavy (non-hydrogen) atoms. The number of hydrogen-bond donors (Lipinski definition) is 2. The van der Waals surface area contributed by atoms with E-state index >= 15 is 0 Å². The van der Waals surface area contributed by atoms with Gasteiger partial charge in [0.2, 0.25) is 0 Å². The van der Waals surface area contributed by atoms with Crippen LogP contribution in [0.2, 0.25) is 5.02 Å². The van der Waals surface area contributed by atoms with Gasteiger partial charge in [-0.15, -0.1) is 11.3 Å². The Morgan fingerprint density at radius 2 is 2.04 bits per heavy atom. The first-order chi connectivity index (χ1) is 12.7. The first-order valence-electron chi connectivity index (χ1n) is 8.29. The van der Waals surface area contributed by atoms with Crippen LogP contribution in [0, 0.1) is 0 Å². The molecule has 3 aromatic heterocycles. The standard InChI is InChI=1S/C19H17ClN4OS/c20-14-5-6-18-23-15(11-24(18)10-14)9-22-19(25)21-8-7-13-12-26-17-4-2-1-3-16(13)17/h1-6,10-12H,7-9H2,(H2,21,22,25). The minimum atomic E-state index is -0.195. The van der Waals surface area contributed by atoms with E-state index in [-0.39, 0.29) is 6.03 Å². The van der Waals surface area contributed by atoms with Crippen molar-refractivity contribution in [3.63, 3.8) is 0 Å². The number of fused-ring (bicyclic) bond motifs is 2. The fourth-order valence-electron chi connectivity index (χ4n) is 2.87. The highest BCUT2D eigenvalue weighted by Crippen LogP contribution is 2.25. The number of carbonyl (C=O) groups is 1. The van der Waals surface area contributed by atoms with Crippen molar-refractivity contribution < 1.29 is 4.79 Å². The number of aromatic nitrogens is 2. The van der Waals surface area contributed by atoms with Gasteiger partial charge in [-0.05, 0) is 40.9 Å². The lowest BCUT2D eigenvalue weighted by Crippen LogP contribution is -2.36. The van der Waals surface area contributed by atoms with E-state index in [1.807, 2.05) is 28.8 Å². The molecule has 0 atom stereocenters. The Bertz CT molecular complexity index is 1070. The van der Waals surface area contributed by atoms with E-state index in [2.05, 4.69) is 33.1 Å². The van der Waals surface area contributed by atoms with Crippen LogP contribution in [-0.2, 0) is 13.0 Å². The zero-order valence-corrected chi connectivity index (χ0v) is 15.5. The molecule has 0 spiro atoms. The van der Waals surface area contributed by atoms with E-state index in [9.17, 15) is 4.79 Å². The fraction of sp³-hybridized carbons (Fsp3) is 0.158. The van der Waals surface area contributed by atoms with Crippen LogP contribution in [0.25, 0.3) is 15.7 Å². The van der Waals surface area contributed by atoms with Crippen LogP contribution in [0.5, 0.6) is 0 Å². The molecule has 3 heterocycles. The zero-order valence-electron chi connectivity index (χ0n) is 13.9. The SMILES string of the molecule is O=C(NCCc1csc2ccccc12)NCc1cn2cc(Cl)ccc2n1. The van der Waals surface area contributed by atoms with Crippen LogP contribution in [0.3, 0.4) is 0 Å². The summed E-state index contributed by atoms with van der Waals surface area (Å²) >= 11 is 7.70. The minimum Gasteiger partial charge on any atom is -0.338 e. The van der Waals surface area contributed by atoms with Crippen molar-refractivity contribution in [3.05, 3.63) is 70.5 Å². The summed E-state index contributed by atoms with van der Waals surface area (Å²) in [7, 11) is 0. The van der Waals surface area contributed by atoms with Crippen molar-refractivity contribution >= 4 is 44.7 Å². The van der Waals surface area contributed by atoms with Gasteiger partial charge in [0.25, 0.3) is 0 Å². The van der Waals surface area contributed by atoms with Crippen molar-refractivity contribution in [1.29, 1.82) is 0 Å². The second-order valence-electron chi connectivity index (χ2n) is 5.96. The summed E-state index contributed by atoms with van der Waals surface area (Å²) < 4.78 is 3.12. The largest absolute Gasteiger partial charge is 0.338 e. The highest BCUT2D eigenvalue weighted by molar-refractivity contribution is 7.17. The van der Waals surface area contributed by atoms with Gasteiger partial charge >= 0.3 is 6.03 Å². The van der Waals surface area contributed by atoms with Gasteiger partial charge in [-0.25, -0.2) is 9.78 Å². The Morgan fingerprint density at radius 3 is 2.96 bits per heavy atom. The van der Waals surface area contributed by atoms with Crippen molar-refractivity contribution in [2.75, 3.05) is 6.54 Å². The quantitative estimate of drug-likeness (QED) is 0.540. The average Bonchev–Trinajstić information content (AvgIpc) is 3.23. The van der Waals surface area contributed by atoms with Crippen LogP contribution in [-0.4, -0.2) is 22.0 Å². The molecule has 4 aromatic rings. The Hall–Kier alpha value is -2.57. The van der Waals surface area contributed by atoms with Gasteiger partial charge in [0, 0.05) is 23.6 Å². The van der Waals surface area contributed by atoms with Crippen LogP contribution in [0.4, 0.5) is 4.79 Å². The maximum Gasteiger partial charge on any atom is 0.315 e. The van der Waals surface area contributed by atoms with Gasteiger partial charge in [-0.3, -0.25) is 0 Å². The molecule has 4 rings (SSSR count). The molecule has 0 aliphatic rings. The summed E-state index contributed by atoms with van der Waals surface area (Å²) in [6.07, 6.45) is 4.46. The number of hydrogen-bond acceptors (Lipinski definition) is 3. The summed E-state index contributed by atoms with van der Waals surface area (Å²) in [5.41, 5.74) is 2.85. The molecule has 0 saturated heterocycles. The Kier molecular flexibility index (Phi) is 4.77. The predicted octanol–water partition coefficient (Wildman–Crippen LogP) is 4.24. The average molecular weight is 385 g/mol. The van der Waals surface area contributed by atoms with E-state index in [4.69, 9.17) is 11.6 Å². The Morgan fingerprint density at radius 1 is 1.15 bits per heavy atom. The van der Waals surface area contributed by atoms with Gasteiger partial charge in [0.15, 0.2) is 0 Å². The van der Waals surface area contributed by atoms with Crippen LogP contribution >= 0.6 is 22.9 Å². The predicted molar refractivity (Wildman–Crippen MR) is 106 cm³/mol. The topological polar surface area (TPSA) is 58.4 Å². The number of amides is 2. The summed E-state index contributed by atoms with van der Waals surface area (Å²) in [6.45, 7) is 0.958. The lowest BCUT2D eigenvalue weighted by Gasteiger charge is -2.06. The molecule has 2 amide bonds. The van der Waals surface area contributed by atoms with Gasteiger partial charge in [-0.1, -0.05) is 29.8 Å². The number of urea groups is 1. The fourth-order valence-corrected chi connectivity index (χ4v) is 4.04. The molecule has 0 aliphatic carbocycles. The molecule has 132 valence electrons. The molecular formula is C19H17ClN4OS. The molecule has 0 fully saturated rings. The number of pyridine rings is 1. The Balaban J connectivity index is 1.28. The molecule has 5 nitrogen and oxygen atoms in total. The van der Waals surface area contributed by atoms with Crippen LogP contribution < -0.4 is 10.6 Å². The number of imidazole rings is 1. The van der Waals surface area contributed by atoms with E-state index in [0.717, 1.165) is 17.8 Å². The normalized spacial score (nSPS) is 11.1. The Labute approximate surface area is 159 Å². The minimum absolute atomic E-state index is 0.195. The summed E-state index contributed by atoms with van der Waals surface area (Å²) in [5, 5.41) is 9.81. The monoisotopic (exact) mass is 384 g/mol. The second-order valence-corrected chi connectivity index (χ2v) is 7.31. The number of halogens is 1. The highest BCUT2D eigenvalue weighted by Gasteiger charge is 2.06. The molecule has 0 unspecified atom stereocenters. The molecule has 0 aliphatic heterocycles.